The van der Waals surface area contributed by atoms with Gasteiger partial charge < -0.3 is 0 Å². The van der Waals surface area contributed by atoms with E-state index in [0.29, 0.717) is 5.13 Å². The maximum Gasteiger partial charge on any atom is 0.247 e. The van der Waals surface area contributed by atoms with Crippen molar-refractivity contribution in [2.45, 2.75) is 56.1 Å². The molecule has 142 valence electrons. The molecule has 0 aliphatic heterocycles. The summed E-state index contributed by atoms with van der Waals surface area (Å²) in [5.74, 6) is -0.628. The Morgan fingerprint density at radius 2 is 1.85 bits per heavy atom. The van der Waals surface area contributed by atoms with E-state index in [0.717, 1.165) is 35.2 Å². The highest BCUT2D eigenvalue weighted by atomic mass is 79.9. The predicted molar refractivity (Wildman–Crippen MR) is 107 cm³/mol. The van der Waals surface area contributed by atoms with Crippen LogP contribution in [0, 0.1) is 0 Å². The van der Waals surface area contributed by atoms with Gasteiger partial charge in [0.2, 0.25) is 11.0 Å². The number of unbranched alkanes of at least 4 members (excludes halogenated alkanes) is 2. The number of aryl methyl sites for hydroxylation is 1. The molecular formula is C17H22BrN3O3S2. The molecule has 2 rings (SSSR count). The molecule has 1 N–H and O–H groups in total. The Morgan fingerprint density at radius 1 is 1.19 bits per heavy atom. The fourth-order valence-corrected chi connectivity index (χ4v) is 4.63. The summed E-state index contributed by atoms with van der Waals surface area (Å²) in [5, 5.41) is 11.8. The van der Waals surface area contributed by atoms with Crippen molar-refractivity contribution in [2.75, 3.05) is 5.32 Å². The second-order valence-electron chi connectivity index (χ2n) is 6.38. The average molecular weight is 460 g/mol. The Morgan fingerprint density at radius 3 is 2.46 bits per heavy atom. The summed E-state index contributed by atoms with van der Waals surface area (Å²) in [5.41, 5.74) is 0. The summed E-state index contributed by atoms with van der Waals surface area (Å²) in [4.78, 5) is 12.7. The number of amides is 1. The molecule has 2 aromatic rings. The molecule has 0 radical (unpaired) electrons. The highest BCUT2D eigenvalue weighted by Crippen LogP contribution is 2.28. The van der Waals surface area contributed by atoms with Gasteiger partial charge in [-0.05, 0) is 44.5 Å². The molecule has 0 saturated carbocycles. The van der Waals surface area contributed by atoms with Gasteiger partial charge >= 0.3 is 0 Å². The van der Waals surface area contributed by atoms with Crippen molar-refractivity contribution in [2.24, 2.45) is 0 Å². The second-order valence-corrected chi connectivity index (χ2v) is 10.9. The second kappa shape index (κ2) is 8.58. The van der Waals surface area contributed by atoms with Gasteiger partial charge in [0.15, 0.2) is 9.84 Å². The Bertz CT molecular complexity index is 862. The zero-order chi connectivity index (χ0) is 19.4. The van der Waals surface area contributed by atoms with Crippen molar-refractivity contribution in [1.29, 1.82) is 0 Å². The lowest BCUT2D eigenvalue weighted by molar-refractivity contribution is -0.117. The quantitative estimate of drug-likeness (QED) is 0.596. The van der Waals surface area contributed by atoms with Gasteiger partial charge in [0.05, 0.1) is 4.90 Å². The van der Waals surface area contributed by atoms with Gasteiger partial charge in [-0.2, -0.15) is 0 Å². The zero-order valence-corrected chi connectivity index (χ0v) is 18.2. The summed E-state index contributed by atoms with van der Waals surface area (Å²) in [6, 6.07) is 6.22. The van der Waals surface area contributed by atoms with Crippen molar-refractivity contribution in [3.8, 4) is 0 Å². The van der Waals surface area contributed by atoms with E-state index in [1.54, 1.807) is 12.1 Å². The highest BCUT2D eigenvalue weighted by Gasteiger charge is 2.43. The number of aromatic nitrogens is 2. The smallest absolute Gasteiger partial charge is 0.247 e. The molecule has 1 aromatic heterocycles. The normalized spacial score (nSPS) is 12.2. The standard InChI is InChI=1S/C17H22BrN3O3S2/c1-4-5-6-7-14-20-21-16(25-14)19-15(22)17(2,3)26(23,24)13-10-8-12(18)9-11-13/h8-11H,4-7H2,1-3H3,(H,19,21,22). The molecule has 0 spiro atoms. The third kappa shape index (κ3) is 4.69. The lowest BCUT2D eigenvalue weighted by atomic mass is 10.2. The average Bonchev–Trinajstić information content (AvgIpc) is 3.02. The number of carbonyl (C=O) groups excluding carboxylic acids is 1. The minimum Gasteiger partial charge on any atom is -0.299 e. The SMILES string of the molecule is CCCCCc1nnc(NC(=O)C(C)(C)S(=O)(=O)c2ccc(Br)cc2)s1. The van der Waals surface area contributed by atoms with E-state index < -0.39 is 20.5 Å². The van der Waals surface area contributed by atoms with Crippen LogP contribution in [0.2, 0.25) is 0 Å². The Hall–Kier alpha value is -1.32. The third-order valence-electron chi connectivity index (χ3n) is 4.02. The van der Waals surface area contributed by atoms with Crippen LogP contribution in [-0.2, 0) is 21.1 Å². The summed E-state index contributed by atoms with van der Waals surface area (Å²) < 4.78 is 24.9. The van der Waals surface area contributed by atoms with E-state index in [2.05, 4.69) is 38.4 Å². The van der Waals surface area contributed by atoms with Crippen molar-refractivity contribution in [3.05, 3.63) is 33.7 Å². The van der Waals surface area contributed by atoms with E-state index in [1.165, 1.54) is 37.3 Å². The van der Waals surface area contributed by atoms with Crippen LogP contribution in [0.3, 0.4) is 0 Å². The Labute approximate surface area is 166 Å². The molecule has 0 aliphatic carbocycles. The topological polar surface area (TPSA) is 89.0 Å². The first-order valence-corrected chi connectivity index (χ1v) is 11.4. The lowest BCUT2D eigenvalue weighted by Crippen LogP contribution is -2.44. The molecule has 0 saturated heterocycles. The van der Waals surface area contributed by atoms with Gasteiger partial charge in [-0.15, -0.1) is 10.2 Å². The number of nitrogens with zero attached hydrogens (tertiary/aromatic N) is 2. The minimum atomic E-state index is -3.86. The first-order chi connectivity index (χ1) is 12.2. The molecule has 0 aliphatic rings. The summed E-state index contributed by atoms with van der Waals surface area (Å²) in [6.45, 7) is 4.91. The number of rotatable bonds is 8. The first-order valence-electron chi connectivity index (χ1n) is 8.32. The van der Waals surface area contributed by atoms with Gasteiger partial charge in [-0.25, -0.2) is 8.42 Å². The van der Waals surface area contributed by atoms with Crippen LogP contribution in [0.5, 0.6) is 0 Å². The Kier molecular flexibility index (Phi) is 6.92. The molecule has 26 heavy (non-hydrogen) atoms. The van der Waals surface area contributed by atoms with Crippen LogP contribution in [0.15, 0.2) is 33.6 Å². The number of hydrogen-bond donors (Lipinski definition) is 1. The number of carbonyl (C=O) groups is 1. The van der Waals surface area contributed by atoms with Crippen LogP contribution < -0.4 is 5.32 Å². The monoisotopic (exact) mass is 459 g/mol. The van der Waals surface area contributed by atoms with E-state index in [9.17, 15) is 13.2 Å². The van der Waals surface area contributed by atoms with Gasteiger partial charge in [0.1, 0.15) is 9.75 Å². The van der Waals surface area contributed by atoms with Crippen LogP contribution in [0.4, 0.5) is 5.13 Å². The first kappa shape index (κ1) is 21.0. The van der Waals surface area contributed by atoms with E-state index in [1.807, 2.05) is 0 Å². The van der Waals surface area contributed by atoms with E-state index in [4.69, 9.17) is 0 Å². The molecule has 0 fully saturated rings. The van der Waals surface area contributed by atoms with Crippen molar-refractivity contribution in [1.82, 2.24) is 10.2 Å². The molecule has 0 unspecified atom stereocenters. The number of sulfone groups is 1. The molecular weight excluding hydrogens is 438 g/mol. The van der Waals surface area contributed by atoms with Gasteiger partial charge in [0, 0.05) is 10.9 Å². The fraction of sp³-hybridized carbons (Fsp3) is 0.471. The van der Waals surface area contributed by atoms with Crippen LogP contribution in [-0.4, -0.2) is 29.3 Å². The summed E-state index contributed by atoms with van der Waals surface area (Å²) in [6.07, 6.45) is 4.05. The highest BCUT2D eigenvalue weighted by molar-refractivity contribution is 9.10. The number of benzene rings is 1. The van der Waals surface area contributed by atoms with E-state index >= 15 is 0 Å². The molecule has 1 amide bonds. The zero-order valence-electron chi connectivity index (χ0n) is 15.0. The fourth-order valence-electron chi connectivity index (χ4n) is 2.21. The van der Waals surface area contributed by atoms with Crippen LogP contribution in [0.1, 0.15) is 45.0 Å². The van der Waals surface area contributed by atoms with Crippen LogP contribution >= 0.6 is 27.3 Å². The molecule has 0 atom stereocenters. The molecule has 0 bridgehead atoms. The van der Waals surface area contributed by atoms with Crippen LogP contribution in [0.25, 0.3) is 0 Å². The Balaban J connectivity index is 2.13. The molecule has 9 heteroatoms. The maximum atomic E-state index is 12.9. The van der Waals surface area contributed by atoms with Crippen molar-refractivity contribution >= 4 is 48.1 Å². The number of hydrogen-bond acceptors (Lipinski definition) is 6. The molecule has 6 nitrogen and oxygen atoms in total. The minimum absolute atomic E-state index is 0.0957. The predicted octanol–water partition coefficient (Wildman–Crippen LogP) is 4.22. The lowest BCUT2D eigenvalue weighted by Gasteiger charge is -2.23. The number of halogens is 1. The summed E-state index contributed by atoms with van der Waals surface area (Å²) in [7, 11) is -3.86. The molecule has 1 heterocycles. The van der Waals surface area contributed by atoms with Gasteiger partial charge in [0.25, 0.3) is 0 Å². The van der Waals surface area contributed by atoms with Gasteiger partial charge in [-0.1, -0.05) is 47.0 Å². The maximum absolute atomic E-state index is 12.9. The van der Waals surface area contributed by atoms with Crippen molar-refractivity contribution in [3.63, 3.8) is 0 Å². The van der Waals surface area contributed by atoms with Gasteiger partial charge in [-0.3, -0.25) is 10.1 Å². The third-order valence-corrected chi connectivity index (χ3v) is 7.87. The van der Waals surface area contributed by atoms with E-state index in [-0.39, 0.29) is 4.90 Å². The number of nitrogens with one attached hydrogen (secondary N) is 1. The number of anilines is 1. The molecule has 1 aromatic carbocycles. The largest absolute Gasteiger partial charge is 0.299 e. The summed E-state index contributed by atoms with van der Waals surface area (Å²) >= 11 is 4.55. The van der Waals surface area contributed by atoms with Crippen molar-refractivity contribution < 1.29 is 13.2 Å².